The molecule has 1 saturated heterocycles. The fraction of sp³-hybridized carbons (Fsp3) is 0.500. The molecule has 0 aliphatic carbocycles. The molecule has 0 unspecified atom stereocenters. The van der Waals surface area contributed by atoms with Gasteiger partial charge in [0.05, 0.1) is 12.6 Å². The van der Waals surface area contributed by atoms with E-state index in [9.17, 15) is 20.1 Å². The van der Waals surface area contributed by atoms with Gasteiger partial charge in [0.1, 0.15) is 24.4 Å². The second-order valence-corrected chi connectivity index (χ2v) is 4.90. The maximum absolute atomic E-state index is 11.3. The van der Waals surface area contributed by atoms with Crippen LogP contribution in [0.2, 0.25) is 0 Å². The predicted octanol–water partition coefficient (Wildman–Crippen LogP) is -0.655. The zero-order chi connectivity index (χ0) is 14.7. The number of hydrogen-bond acceptors (Lipinski definition) is 5. The number of ether oxygens (including phenoxy) is 1. The number of amides is 1. The molecule has 1 aromatic rings. The Labute approximate surface area is 117 Å². The van der Waals surface area contributed by atoms with Gasteiger partial charge in [0.2, 0.25) is 5.91 Å². The van der Waals surface area contributed by atoms with Crippen LogP contribution in [-0.2, 0) is 9.53 Å². The summed E-state index contributed by atoms with van der Waals surface area (Å²) in [5, 5.41) is 31.9. The molecule has 1 aliphatic rings. The highest BCUT2D eigenvalue weighted by molar-refractivity contribution is 5.73. The molecule has 110 valence electrons. The van der Waals surface area contributed by atoms with Gasteiger partial charge in [0, 0.05) is 6.92 Å². The van der Waals surface area contributed by atoms with E-state index in [1.54, 1.807) is 12.1 Å². The average Bonchev–Trinajstić information content (AvgIpc) is 2.45. The summed E-state index contributed by atoms with van der Waals surface area (Å²) in [5.41, 5.74) is 0.760. The first kappa shape index (κ1) is 14.9. The topological polar surface area (TPSA) is 99.0 Å². The van der Waals surface area contributed by atoms with E-state index in [1.165, 1.54) is 6.92 Å². The summed E-state index contributed by atoms with van der Waals surface area (Å²) in [7, 11) is 0. The van der Waals surface area contributed by atoms with E-state index in [0.29, 0.717) is 0 Å². The fourth-order valence-electron chi connectivity index (χ4n) is 2.44. The normalized spacial score (nSPS) is 33.7. The first-order valence-corrected chi connectivity index (χ1v) is 6.49. The first-order chi connectivity index (χ1) is 9.54. The van der Waals surface area contributed by atoms with Gasteiger partial charge in [-0.05, 0) is 5.56 Å². The molecule has 0 aromatic heterocycles. The summed E-state index contributed by atoms with van der Waals surface area (Å²) in [6, 6.07) is 8.31. The van der Waals surface area contributed by atoms with Crippen LogP contribution in [0.5, 0.6) is 0 Å². The van der Waals surface area contributed by atoms with Crippen molar-refractivity contribution in [2.24, 2.45) is 0 Å². The average molecular weight is 281 g/mol. The van der Waals surface area contributed by atoms with Gasteiger partial charge in [0.15, 0.2) is 0 Å². The van der Waals surface area contributed by atoms with Gasteiger partial charge < -0.3 is 25.4 Å². The zero-order valence-electron chi connectivity index (χ0n) is 11.1. The van der Waals surface area contributed by atoms with Crippen LogP contribution in [0, 0.1) is 0 Å². The SMILES string of the molecule is CC(=O)N[C@H]1[C@@H](O)[C@@H](O)[C@@H](CO)O[C@H]1c1ccccc1. The minimum absolute atomic E-state index is 0.326. The standard InChI is InChI=1S/C14H19NO5/c1-8(17)15-11-13(19)12(18)10(7-16)20-14(11)9-5-3-2-4-6-9/h2-6,10-14,16,18-19H,7H2,1H3,(H,15,17)/t10-,11+,12+,13-,14+/m1/s1. The summed E-state index contributed by atoms with van der Waals surface area (Å²) in [6.45, 7) is 0.924. The minimum Gasteiger partial charge on any atom is -0.394 e. The van der Waals surface area contributed by atoms with Gasteiger partial charge in [-0.15, -0.1) is 0 Å². The van der Waals surface area contributed by atoms with Crippen LogP contribution < -0.4 is 5.32 Å². The van der Waals surface area contributed by atoms with Crippen LogP contribution in [-0.4, -0.2) is 52.2 Å². The zero-order valence-corrected chi connectivity index (χ0v) is 11.1. The van der Waals surface area contributed by atoms with E-state index in [1.807, 2.05) is 18.2 Å². The monoisotopic (exact) mass is 281 g/mol. The molecule has 2 rings (SSSR count). The van der Waals surface area contributed by atoms with Crippen LogP contribution in [0.3, 0.4) is 0 Å². The number of nitrogens with one attached hydrogen (secondary N) is 1. The van der Waals surface area contributed by atoms with Crippen LogP contribution >= 0.6 is 0 Å². The van der Waals surface area contributed by atoms with Gasteiger partial charge in [-0.2, -0.15) is 0 Å². The van der Waals surface area contributed by atoms with Crippen LogP contribution in [0.15, 0.2) is 30.3 Å². The van der Waals surface area contributed by atoms with Gasteiger partial charge in [-0.1, -0.05) is 30.3 Å². The lowest BCUT2D eigenvalue weighted by molar-refractivity contribution is -0.197. The molecular formula is C14H19NO5. The Morgan fingerprint density at radius 1 is 1.25 bits per heavy atom. The van der Waals surface area contributed by atoms with Crippen LogP contribution in [0.4, 0.5) is 0 Å². The minimum atomic E-state index is -1.25. The molecule has 1 heterocycles. The van der Waals surface area contributed by atoms with Crippen molar-refractivity contribution < 1.29 is 24.9 Å². The fourth-order valence-corrected chi connectivity index (χ4v) is 2.44. The highest BCUT2D eigenvalue weighted by Crippen LogP contribution is 2.32. The lowest BCUT2D eigenvalue weighted by Crippen LogP contribution is -2.60. The third-order valence-corrected chi connectivity index (χ3v) is 3.42. The smallest absolute Gasteiger partial charge is 0.217 e. The molecule has 20 heavy (non-hydrogen) atoms. The molecule has 0 saturated carbocycles. The summed E-state index contributed by atoms with van der Waals surface area (Å²) >= 11 is 0. The third-order valence-electron chi connectivity index (χ3n) is 3.42. The van der Waals surface area contributed by atoms with Gasteiger partial charge >= 0.3 is 0 Å². The highest BCUT2D eigenvalue weighted by atomic mass is 16.5. The molecule has 1 aliphatic heterocycles. The summed E-state index contributed by atoms with van der Waals surface area (Å²) in [6.07, 6.45) is -3.98. The van der Waals surface area contributed by atoms with E-state index >= 15 is 0 Å². The molecule has 6 nitrogen and oxygen atoms in total. The van der Waals surface area contributed by atoms with Crippen molar-refractivity contribution in [3.8, 4) is 0 Å². The van der Waals surface area contributed by atoms with Crippen molar-refractivity contribution in [2.45, 2.75) is 37.4 Å². The Morgan fingerprint density at radius 2 is 1.90 bits per heavy atom. The molecule has 6 heteroatoms. The Morgan fingerprint density at radius 3 is 2.45 bits per heavy atom. The number of rotatable bonds is 3. The molecular weight excluding hydrogens is 262 g/mol. The number of carbonyl (C=O) groups is 1. The summed E-state index contributed by atoms with van der Waals surface area (Å²) in [5.74, 6) is -0.326. The second kappa shape index (κ2) is 6.32. The number of benzene rings is 1. The van der Waals surface area contributed by atoms with E-state index in [0.717, 1.165) is 5.56 Å². The maximum atomic E-state index is 11.3. The lowest BCUT2D eigenvalue weighted by atomic mass is 9.89. The van der Waals surface area contributed by atoms with Gasteiger partial charge in [-0.3, -0.25) is 4.79 Å². The molecule has 0 spiro atoms. The van der Waals surface area contributed by atoms with E-state index < -0.39 is 37.1 Å². The molecule has 1 aromatic carbocycles. The summed E-state index contributed by atoms with van der Waals surface area (Å²) in [4.78, 5) is 11.3. The van der Waals surface area contributed by atoms with Gasteiger partial charge in [0.25, 0.3) is 0 Å². The Balaban J connectivity index is 2.30. The van der Waals surface area contributed by atoms with E-state index in [4.69, 9.17) is 4.74 Å². The largest absolute Gasteiger partial charge is 0.394 e. The number of aliphatic hydroxyl groups is 3. The van der Waals surface area contributed by atoms with Crippen LogP contribution in [0.25, 0.3) is 0 Å². The Bertz CT molecular complexity index is 452. The maximum Gasteiger partial charge on any atom is 0.217 e. The van der Waals surface area contributed by atoms with Crippen molar-refractivity contribution in [2.75, 3.05) is 6.61 Å². The van der Waals surface area contributed by atoms with Crippen molar-refractivity contribution >= 4 is 5.91 Å². The first-order valence-electron chi connectivity index (χ1n) is 6.49. The van der Waals surface area contributed by atoms with Crippen molar-refractivity contribution in [1.82, 2.24) is 5.32 Å². The van der Waals surface area contributed by atoms with Crippen LogP contribution in [0.1, 0.15) is 18.6 Å². The molecule has 5 atom stereocenters. The van der Waals surface area contributed by atoms with Crippen molar-refractivity contribution in [3.05, 3.63) is 35.9 Å². The molecule has 1 fully saturated rings. The third kappa shape index (κ3) is 2.99. The summed E-state index contributed by atoms with van der Waals surface area (Å²) < 4.78 is 5.64. The predicted molar refractivity (Wildman–Crippen MR) is 70.8 cm³/mol. The molecule has 0 bridgehead atoms. The van der Waals surface area contributed by atoms with E-state index in [2.05, 4.69) is 5.32 Å². The lowest BCUT2D eigenvalue weighted by Gasteiger charge is -2.42. The van der Waals surface area contributed by atoms with Crippen molar-refractivity contribution in [3.63, 3.8) is 0 Å². The molecule has 1 amide bonds. The Kier molecular flexibility index (Phi) is 4.72. The number of aliphatic hydroxyl groups excluding tert-OH is 3. The second-order valence-electron chi connectivity index (χ2n) is 4.90. The number of carbonyl (C=O) groups excluding carboxylic acids is 1. The van der Waals surface area contributed by atoms with Gasteiger partial charge in [-0.25, -0.2) is 0 Å². The van der Waals surface area contributed by atoms with E-state index in [-0.39, 0.29) is 5.91 Å². The quantitative estimate of drug-likeness (QED) is 0.590. The Hall–Kier alpha value is -1.47. The molecule has 4 N–H and O–H groups in total. The molecule has 0 radical (unpaired) electrons. The highest BCUT2D eigenvalue weighted by Gasteiger charge is 2.45. The van der Waals surface area contributed by atoms with Crippen molar-refractivity contribution in [1.29, 1.82) is 0 Å². The number of hydrogen-bond donors (Lipinski definition) is 4.